The summed E-state index contributed by atoms with van der Waals surface area (Å²) < 4.78 is 5.41. The van der Waals surface area contributed by atoms with Crippen molar-refractivity contribution in [2.24, 2.45) is 0 Å². The molecule has 0 atom stereocenters. The topological polar surface area (TPSA) is 46.5 Å². The Bertz CT molecular complexity index is 678. The fourth-order valence-electron chi connectivity index (χ4n) is 2.30. The molecule has 0 aromatic heterocycles. The molecule has 104 valence electrons. The Labute approximate surface area is 122 Å². The van der Waals surface area contributed by atoms with Gasteiger partial charge in [-0.2, -0.15) is 0 Å². The third-order valence-corrected chi connectivity index (χ3v) is 3.48. The summed E-state index contributed by atoms with van der Waals surface area (Å²) in [5, 5.41) is 9.39. The fraction of sp³-hybridized carbons (Fsp3) is 0.188. The number of aromatic carboxylic acids is 1. The van der Waals surface area contributed by atoms with E-state index in [-0.39, 0.29) is 10.6 Å². The molecule has 0 radical (unpaired) electrons. The molecule has 2 rings (SSSR count). The van der Waals surface area contributed by atoms with Gasteiger partial charge in [-0.05, 0) is 48.7 Å². The average molecular weight is 291 g/mol. The van der Waals surface area contributed by atoms with Crippen LogP contribution in [0.25, 0.3) is 11.1 Å². The fourth-order valence-corrected chi connectivity index (χ4v) is 2.50. The van der Waals surface area contributed by atoms with Gasteiger partial charge in [0, 0.05) is 5.56 Å². The predicted molar refractivity (Wildman–Crippen MR) is 79.9 cm³/mol. The van der Waals surface area contributed by atoms with E-state index in [1.165, 1.54) is 0 Å². The lowest BCUT2D eigenvalue weighted by atomic mass is 9.96. The second-order valence-corrected chi connectivity index (χ2v) is 5.07. The lowest BCUT2D eigenvalue weighted by molar-refractivity contribution is 0.0697. The first-order valence-corrected chi connectivity index (χ1v) is 6.50. The van der Waals surface area contributed by atoms with Gasteiger partial charge in [0.25, 0.3) is 0 Å². The lowest BCUT2D eigenvalue weighted by Crippen LogP contribution is -1.99. The molecular weight excluding hydrogens is 276 g/mol. The highest BCUT2D eigenvalue weighted by Crippen LogP contribution is 2.35. The first-order valence-electron chi connectivity index (χ1n) is 6.12. The normalized spacial score (nSPS) is 10.4. The number of methoxy groups -OCH3 is 1. The van der Waals surface area contributed by atoms with E-state index < -0.39 is 5.97 Å². The molecule has 0 heterocycles. The minimum atomic E-state index is -1.04. The minimum absolute atomic E-state index is 0.0891. The molecule has 3 nitrogen and oxygen atoms in total. The van der Waals surface area contributed by atoms with Crippen LogP contribution < -0.4 is 4.74 Å². The van der Waals surface area contributed by atoms with Gasteiger partial charge < -0.3 is 9.84 Å². The van der Waals surface area contributed by atoms with Crippen LogP contribution in [0.3, 0.4) is 0 Å². The molecule has 2 aromatic rings. The number of ether oxygens (including phenoxy) is 1. The van der Waals surface area contributed by atoms with Crippen molar-refractivity contribution in [1.82, 2.24) is 0 Å². The second-order valence-electron chi connectivity index (χ2n) is 4.66. The van der Waals surface area contributed by atoms with Crippen molar-refractivity contribution in [2.75, 3.05) is 7.11 Å². The van der Waals surface area contributed by atoms with E-state index >= 15 is 0 Å². The average Bonchev–Trinajstić information content (AvgIpc) is 2.38. The zero-order valence-corrected chi connectivity index (χ0v) is 12.3. The summed E-state index contributed by atoms with van der Waals surface area (Å²) in [6.45, 7) is 3.96. The summed E-state index contributed by atoms with van der Waals surface area (Å²) in [6.07, 6.45) is 0. The Hall–Kier alpha value is -2.00. The maximum atomic E-state index is 11.2. The molecule has 1 N–H and O–H groups in total. The van der Waals surface area contributed by atoms with Crippen LogP contribution in [0, 0.1) is 13.8 Å². The van der Waals surface area contributed by atoms with E-state index in [2.05, 4.69) is 0 Å². The van der Waals surface area contributed by atoms with E-state index in [9.17, 15) is 4.79 Å². The van der Waals surface area contributed by atoms with Crippen molar-refractivity contribution in [3.63, 3.8) is 0 Å². The first kappa shape index (κ1) is 14.4. The summed E-state index contributed by atoms with van der Waals surface area (Å²) in [6, 6.07) is 8.93. The Morgan fingerprint density at radius 3 is 2.50 bits per heavy atom. The van der Waals surface area contributed by atoms with Crippen molar-refractivity contribution < 1.29 is 14.6 Å². The highest BCUT2D eigenvalue weighted by Gasteiger charge is 2.14. The number of carboxylic acid groups (broad SMARTS) is 1. The highest BCUT2D eigenvalue weighted by atomic mass is 35.5. The van der Waals surface area contributed by atoms with Crippen molar-refractivity contribution in [3.05, 3.63) is 52.0 Å². The summed E-state index contributed by atoms with van der Waals surface area (Å²) in [7, 11) is 1.60. The van der Waals surface area contributed by atoms with Gasteiger partial charge in [0.05, 0.1) is 17.7 Å². The number of hydrogen-bond acceptors (Lipinski definition) is 2. The van der Waals surface area contributed by atoms with E-state index in [0.717, 1.165) is 28.0 Å². The number of aryl methyl sites for hydroxylation is 2. The SMILES string of the molecule is COc1cc(C)cc(C)c1-c1ccc(Cl)c(C(=O)O)c1. The monoisotopic (exact) mass is 290 g/mol. The Kier molecular flexibility index (Phi) is 4.00. The van der Waals surface area contributed by atoms with Crippen molar-refractivity contribution in [1.29, 1.82) is 0 Å². The summed E-state index contributed by atoms with van der Waals surface area (Å²) >= 11 is 5.91. The molecule has 2 aromatic carbocycles. The zero-order chi connectivity index (χ0) is 14.9. The largest absolute Gasteiger partial charge is 0.496 e. The number of hydrogen-bond donors (Lipinski definition) is 1. The number of carboxylic acids is 1. The van der Waals surface area contributed by atoms with Gasteiger partial charge in [-0.3, -0.25) is 0 Å². The van der Waals surface area contributed by atoms with Crippen LogP contribution in [-0.4, -0.2) is 18.2 Å². The van der Waals surface area contributed by atoms with E-state index in [1.807, 2.05) is 26.0 Å². The molecule has 0 saturated heterocycles. The van der Waals surface area contributed by atoms with Crippen LogP contribution in [0.1, 0.15) is 21.5 Å². The van der Waals surface area contributed by atoms with Gasteiger partial charge in [-0.15, -0.1) is 0 Å². The predicted octanol–water partition coefficient (Wildman–Crippen LogP) is 4.33. The molecule has 0 amide bonds. The smallest absolute Gasteiger partial charge is 0.337 e. The van der Waals surface area contributed by atoms with Crippen LogP contribution in [0.15, 0.2) is 30.3 Å². The molecule has 0 bridgehead atoms. The molecule has 0 aliphatic rings. The summed E-state index contributed by atoms with van der Waals surface area (Å²) in [4.78, 5) is 11.2. The summed E-state index contributed by atoms with van der Waals surface area (Å²) in [5.41, 5.74) is 3.88. The standard InChI is InChI=1S/C16H15ClO3/c1-9-6-10(2)15(14(7-9)20-3)11-4-5-13(17)12(8-11)16(18)19/h4-8H,1-3H3,(H,18,19). The van der Waals surface area contributed by atoms with Crippen LogP contribution in [0.5, 0.6) is 5.75 Å². The summed E-state index contributed by atoms with van der Waals surface area (Å²) in [5.74, 6) is -0.318. The molecule has 4 heteroatoms. The van der Waals surface area contributed by atoms with Gasteiger partial charge in [-0.25, -0.2) is 4.79 Å². The number of carbonyl (C=O) groups is 1. The van der Waals surface area contributed by atoms with Gasteiger partial charge >= 0.3 is 5.97 Å². The van der Waals surface area contributed by atoms with E-state index in [0.29, 0.717) is 0 Å². The second kappa shape index (κ2) is 5.55. The van der Waals surface area contributed by atoms with Gasteiger partial charge in [-0.1, -0.05) is 23.7 Å². The van der Waals surface area contributed by atoms with Crippen molar-refractivity contribution in [2.45, 2.75) is 13.8 Å². The Balaban J connectivity index is 2.68. The molecule has 0 aliphatic heterocycles. The molecule has 0 saturated carbocycles. The van der Waals surface area contributed by atoms with Crippen LogP contribution in [0.4, 0.5) is 0 Å². The van der Waals surface area contributed by atoms with E-state index in [4.69, 9.17) is 21.4 Å². The maximum Gasteiger partial charge on any atom is 0.337 e. The van der Waals surface area contributed by atoms with Gasteiger partial charge in [0.15, 0.2) is 0 Å². The van der Waals surface area contributed by atoms with Crippen molar-refractivity contribution >= 4 is 17.6 Å². The van der Waals surface area contributed by atoms with Gasteiger partial charge in [0.2, 0.25) is 0 Å². The zero-order valence-electron chi connectivity index (χ0n) is 11.5. The van der Waals surface area contributed by atoms with E-state index in [1.54, 1.807) is 25.3 Å². The molecule has 0 fully saturated rings. The van der Waals surface area contributed by atoms with Crippen molar-refractivity contribution in [3.8, 4) is 16.9 Å². The third-order valence-electron chi connectivity index (χ3n) is 3.15. The van der Waals surface area contributed by atoms with Crippen LogP contribution in [-0.2, 0) is 0 Å². The third kappa shape index (κ3) is 2.63. The maximum absolute atomic E-state index is 11.2. The Morgan fingerprint density at radius 2 is 1.90 bits per heavy atom. The minimum Gasteiger partial charge on any atom is -0.496 e. The molecule has 0 spiro atoms. The number of halogens is 1. The molecule has 20 heavy (non-hydrogen) atoms. The molecular formula is C16H15ClO3. The first-order chi connectivity index (χ1) is 9.43. The number of benzene rings is 2. The lowest BCUT2D eigenvalue weighted by Gasteiger charge is -2.14. The Morgan fingerprint density at radius 1 is 1.20 bits per heavy atom. The van der Waals surface area contributed by atoms with Crippen LogP contribution >= 0.6 is 11.6 Å². The molecule has 0 unspecified atom stereocenters. The number of rotatable bonds is 3. The quantitative estimate of drug-likeness (QED) is 0.915. The molecule has 0 aliphatic carbocycles. The van der Waals surface area contributed by atoms with Gasteiger partial charge in [0.1, 0.15) is 5.75 Å². The highest BCUT2D eigenvalue weighted by molar-refractivity contribution is 6.33. The van der Waals surface area contributed by atoms with Crippen LogP contribution in [0.2, 0.25) is 5.02 Å².